The molecule has 0 heterocycles. The highest BCUT2D eigenvalue weighted by Crippen LogP contribution is 2.24. The van der Waals surface area contributed by atoms with Gasteiger partial charge in [0.15, 0.2) is 0 Å². The van der Waals surface area contributed by atoms with Gasteiger partial charge in [0.2, 0.25) is 10.0 Å². The largest absolute Gasteiger partial charge is 0.398 e. The lowest BCUT2D eigenvalue weighted by molar-refractivity contribution is 0.548. The van der Waals surface area contributed by atoms with Crippen LogP contribution in [0, 0.1) is 5.82 Å². The normalized spacial score (nSPS) is 13.1. The standard InChI is InChI=1S/C14H14ClFN2O2S/c1-9(10-4-2-5-11(15)8-10)18-21(19,20)14-12(16)6-3-7-13(14)17/h2-9,18H,17H2,1H3. The van der Waals surface area contributed by atoms with Crippen molar-refractivity contribution < 1.29 is 12.8 Å². The maximum Gasteiger partial charge on any atom is 0.246 e. The summed E-state index contributed by atoms with van der Waals surface area (Å²) in [4.78, 5) is -0.543. The van der Waals surface area contributed by atoms with E-state index < -0.39 is 26.8 Å². The van der Waals surface area contributed by atoms with Crippen LogP contribution >= 0.6 is 11.6 Å². The van der Waals surface area contributed by atoms with Gasteiger partial charge in [0.1, 0.15) is 10.7 Å². The van der Waals surface area contributed by atoms with Crippen LogP contribution in [0.1, 0.15) is 18.5 Å². The minimum atomic E-state index is -4.07. The van der Waals surface area contributed by atoms with E-state index in [1.807, 2.05) is 0 Å². The van der Waals surface area contributed by atoms with Crippen LogP contribution in [0.2, 0.25) is 5.02 Å². The van der Waals surface area contributed by atoms with Crippen molar-refractivity contribution in [2.75, 3.05) is 5.73 Å². The number of hydrogen-bond acceptors (Lipinski definition) is 3. The van der Waals surface area contributed by atoms with E-state index in [1.54, 1.807) is 31.2 Å². The molecule has 0 bridgehead atoms. The number of anilines is 1. The number of nitrogen functional groups attached to an aromatic ring is 1. The summed E-state index contributed by atoms with van der Waals surface area (Å²) in [6.07, 6.45) is 0. The number of hydrogen-bond donors (Lipinski definition) is 2. The van der Waals surface area contributed by atoms with Crippen LogP contribution < -0.4 is 10.5 Å². The topological polar surface area (TPSA) is 72.2 Å². The molecule has 0 amide bonds. The highest BCUT2D eigenvalue weighted by atomic mass is 35.5. The van der Waals surface area contributed by atoms with Crippen molar-refractivity contribution in [3.8, 4) is 0 Å². The van der Waals surface area contributed by atoms with E-state index in [0.29, 0.717) is 10.6 Å². The molecule has 0 aliphatic heterocycles. The summed E-state index contributed by atoms with van der Waals surface area (Å²) in [6, 6.07) is 9.91. The third-order valence-corrected chi connectivity index (χ3v) is 4.81. The molecule has 0 fully saturated rings. The van der Waals surface area contributed by atoms with E-state index in [4.69, 9.17) is 17.3 Å². The minimum absolute atomic E-state index is 0.138. The number of nitrogens with one attached hydrogen (secondary N) is 1. The fourth-order valence-corrected chi connectivity index (χ4v) is 3.57. The molecule has 0 aliphatic rings. The van der Waals surface area contributed by atoms with E-state index in [2.05, 4.69) is 4.72 Å². The Kier molecular flexibility index (Phi) is 4.51. The molecule has 7 heteroatoms. The monoisotopic (exact) mass is 328 g/mol. The Morgan fingerprint density at radius 3 is 2.52 bits per heavy atom. The average Bonchev–Trinajstić information content (AvgIpc) is 2.37. The van der Waals surface area contributed by atoms with Gasteiger partial charge in [-0.3, -0.25) is 0 Å². The molecule has 2 aromatic rings. The number of benzene rings is 2. The molecule has 1 atom stereocenters. The van der Waals surface area contributed by atoms with Gasteiger partial charge >= 0.3 is 0 Å². The van der Waals surface area contributed by atoms with E-state index >= 15 is 0 Å². The predicted octanol–water partition coefficient (Wildman–Crippen LogP) is 3.10. The first-order chi connectivity index (χ1) is 9.81. The molecule has 1 unspecified atom stereocenters. The van der Waals surface area contributed by atoms with Crippen molar-refractivity contribution >= 4 is 27.3 Å². The zero-order valence-electron chi connectivity index (χ0n) is 11.2. The zero-order valence-corrected chi connectivity index (χ0v) is 12.7. The fourth-order valence-electron chi connectivity index (χ4n) is 1.94. The summed E-state index contributed by atoms with van der Waals surface area (Å²) < 4.78 is 40.7. The van der Waals surface area contributed by atoms with Crippen molar-refractivity contribution in [3.63, 3.8) is 0 Å². The van der Waals surface area contributed by atoms with Crippen LogP contribution in [-0.2, 0) is 10.0 Å². The summed E-state index contributed by atoms with van der Waals surface area (Å²) >= 11 is 5.87. The number of sulfonamides is 1. The minimum Gasteiger partial charge on any atom is -0.398 e. The van der Waals surface area contributed by atoms with Gasteiger partial charge < -0.3 is 5.73 Å². The molecule has 2 aromatic carbocycles. The fraction of sp³-hybridized carbons (Fsp3) is 0.143. The zero-order chi connectivity index (χ0) is 15.6. The highest BCUT2D eigenvalue weighted by Gasteiger charge is 2.24. The van der Waals surface area contributed by atoms with E-state index in [0.717, 1.165) is 6.07 Å². The predicted molar refractivity (Wildman–Crippen MR) is 81.0 cm³/mol. The summed E-state index contributed by atoms with van der Waals surface area (Å²) in [6.45, 7) is 1.64. The lowest BCUT2D eigenvalue weighted by Crippen LogP contribution is -2.28. The molecule has 4 nitrogen and oxygen atoms in total. The van der Waals surface area contributed by atoms with E-state index in [9.17, 15) is 12.8 Å². The lowest BCUT2D eigenvalue weighted by atomic mass is 10.1. The van der Waals surface area contributed by atoms with Crippen molar-refractivity contribution in [1.82, 2.24) is 4.72 Å². The number of nitrogens with two attached hydrogens (primary N) is 1. The summed E-state index contributed by atoms with van der Waals surface area (Å²) in [5.74, 6) is -0.888. The van der Waals surface area contributed by atoms with Gasteiger partial charge in [-0.1, -0.05) is 29.8 Å². The van der Waals surface area contributed by atoms with E-state index in [1.165, 1.54) is 12.1 Å². The van der Waals surface area contributed by atoms with Crippen molar-refractivity contribution in [2.24, 2.45) is 0 Å². The molecular formula is C14H14ClFN2O2S. The van der Waals surface area contributed by atoms with Crippen molar-refractivity contribution in [3.05, 3.63) is 58.9 Å². The van der Waals surface area contributed by atoms with Crippen LogP contribution in [0.15, 0.2) is 47.4 Å². The second-order valence-electron chi connectivity index (χ2n) is 4.56. The SMILES string of the molecule is CC(NS(=O)(=O)c1c(N)cccc1F)c1cccc(Cl)c1. The van der Waals surface area contributed by atoms with Gasteiger partial charge in [-0.2, -0.15) is 0 Å². The summed E-state index contributed by atoms with van der Waals surface area (Å²) in [5.41, 5.74) is 6.10. The first-order valence-corrected chi connectivity index (χ1v) is 7.99. The van der Waals surface area contributed by atoms with Gasteiger partial charge in [0, 0.05) is 11.1 Å². The Labute approximate surface area is 127 Å². The smallest absolute Gasteiger partial charge is 0.246 e. The second-order valence-corrected chi connectivity index (χ2v) is 6.64. The Morgan fingerprint density at radius 2 is 1.90 bits per heavy atom. The quantitative estimate of drug-likeness (QED) is 0.847. The van der Waals surface area contributed by atoms with Crippen LogP contribution in [0.3, 0.4) is 0 Å². The Hall–Kier alpha value is -1.63. The maximum absolute atomic E-state index is 13.7. The first kappa shape index (κ1) is 15.8. The molecule has 0 aromatic heterocycles. The first-order valence-electron chi connectivity index (χ1n) is 6.13. The lowest BCUT2D eigenvalue weighted by Gasteiger charge is -2.16. The molecular weight excluding hydrogens is 315 g/mol. The van der Waals surface area contributed by atoms with Crippen LogP contribution in [0.25, 0.3) is 0 Å². The second kappa shape index (κ2) is 6.01. The van der Waals surface area contributed by atoms with Crippen molar-refractivity contribution in [1.29, 1.82) is 0 Å². The molecule has 0 aliphatic carbocycles. The molecule has 112 valence electrons. The van der Waals surface area contributed by atoms with Gasteiger partial charge in [0.25, 0.3) is 0 Å². The van der Waals surface area contributed by atoms with Gasteiger partial charge in [-0.15, -0.1) is 0 Å². The summed E-state index contributed by atoms with van der Waals surface area (Å²) in [7, 11) is -4.07. The summed E-state index contributed by atoms with van der Waals surface area (Å²) in [5, 5.41) is 0.490. The highest BCUT2D eigenvalue weighted by molar-refractivity contribution is 7.89. The average molecular weight is 329 g/mol. The van der Waals surface area contributed by atoms with Gasteiger partial charge in [-0.05, 0) is 36.8 Å². The van der Waals surface area contributed by atoms with Crippen LogP contribution in [-0.4, -0.2) is 8.42 Å². The molecule has 21 heavy (non-hydrogen) atoms. The molecule has 0 saturated carbocycles. The van der Waals surface area contributed by atoms with Crippen LogP contribution in [0.4, 0.5) is 10.1 Å². The third-order valence-electron chi connectivity index (χ3n) is 2.95. The molecule has 0 saturated heterocycles. The molecule has 0 radical (unpaired) electrons. The Bertz CT molecular complexity index is 745. The number of halogens is 2. The van der Waals surface area contributed by atoms with Gasteiger partial charge in [-0.25, -0.2) is 17.5 Å². The Balaban J connectivity index is 2.34. The maximum atomic E-state index is 13.7. The molecule has 3 N–H and O–H groups in total. The Morgan fingerprint density at radius 1 is 1.24 bits per heavy atom. The molecule has 2 rings (SSSR count). The molecule has 0 spiro atoms. The van der Waals surface area contributed by atoms with Gasteiger partial charge in [0.05, 0.1) is 5.69 Å². The van der Waals surface area contributed by atoms with Crippen LogP contribution in [0.5, 0.6) is 0 Å². The van der Waals surface area contributed by atoms with E-state index in [-0.39, 0.29) is 5.69 Å². The van der Waals surface area contributed by atoms with Crippen molar-refractivity contribution in [2.45, 2.75) is 17.9 Å². The third kappa shape index (κ3) is 3.53. The number of rotatable bonds is 4.